The first-order chi connectivity index (χ1) is 13.0. The molecule has 0 aliphatic carbocycles. The van der Waals surface area contributed by atoms with Gasteiger partial charge in [0.25, 0.3) is 0 Å². The SMILES string of the molecule is CCCCCCCCCC(=O)NC(Cc1c[nH]c2cc(F)ccc12)C(=O)O. The second-order valence-corrected chi connectivity index (χ2v) is 7.04. The molecular weight excluding hydrogens is 347 g/mol. The van der Waals surface area contributed by atoms with Crippen molar-refractivity contribution in [1.29, 1.82) is 0 Å². The van der Waals surface area contributed by atoms with Gasteiger partial charge in [-0.3, -0.25) is 4.79 Å². The average molecular weight is 376 g/mol. The summed E-state index contributed by atoms with van der Waals surface area (Å²) in [5, 5.41) is 12.8. The summed E-state index contributed by atoms with van der Waals surface area (Å²) < 4.78 is 13.3. The summed E-state index contributed by atoms with van der Waals surface area (Å²) >= 11 is 0. The van der Waals surface area contributed by atoms with Gasteiger partial charge < -0.3 is 15.4 Å². The lowest BCUT2D eigenvalue weighted by Crippen LogP contribution is -2.42. The molecule has 0 bridgehead atoms. The lowest BCUT2D eigenvalue weighted by atomic mass is 10.0. The van der Waals surface area contributed by atoms with Crippen LogP contribution in [0.1, 0.15) is 63.9 Å². The summed E-state index contributed by atoms with van der Waals surface area (Å²) in [4.78, 5) is 26.6. The number of unbranched alkanes of at least 4 members (excludes halogenated alkanes) is 6. The molecule has 3 N–H and O–H groups in total. The Morgan fingerprint density at radius 1 is 1.15 bits per heavy atom. The fraction of sp³-hybridized carbons (Fsp3) is 0.524. The van der Waals surface area contributed by atoms with Gasteiger partial charge in [-0.15, -0.1) is 0 Å². The van der Waals surface area contributed by atoms with Crippen molar-refractivity contribution in [3.05, 3.63) is 35.8 Å². The highest BCUT2D eigenvalue weighted by atomic mass is 19.1. The van der Waals surface area contributed by atoms with Gasteiger partial charge in [0.1, 0.15) is 11.9 Å². The van der Waals surface area contributed by atoms with Crippen molar-refractivity contribution in [2.75, 3.05) is 0 Å². The minimum Gasteiger partial charge on any atom is -0.480 e. The van der Waals surface area contributed by atoms with Crippen molar-refractivity contribution >= 4 is 22.8 Å². The van der Waals surface area contributed by atoms with E-state index in [4.69, 9.17) is 0 Å². The summed E-state index contributed by atoms with van der Waals surface area (Å²) in [5.74, 6) is -1.66. The van der Waals surface area contributed by atoms with Crippen LogP contribution < -0.4 is 5.32 Å². The smallest absolute Gasteiger partial charge is 0.326 e. The molecule has 0 aliphatic heterocycles. The molecule has 148 valence electrons. The van der Waals surface area contributed by atoms with Crippen LogP contribution in [-0.4, -0.2) is 28.0 Å². The number of aliphatic carboxylic acids is 1. The standard InChI is InChI=1S/C21H29FN2O3/c1-2-3-4-5-6-7-8-9-20(25)24-19(21(26)27)12-15-14-23-18-13-16(22)10-11-17(15)18/h10-11,13-14,19,23H,2-9,12H2,1H3,(H,24,25)(H,26,27). The Bertz CT molecular complexity index is 757. The van der Waals surface area contributed by atoms with Gasteiger partial charge in [-0.1, -0.05) is 45.4 Å². The zero-order valence-corrected chi connectivity index (χ0v) is 15.9. The molecule has 1 aromatic heterocycles. The van der Waals surface area contributed by atoms with E-state index < -0.39 is 12.0 Å². The lowest BCUT2D eigenvalue weighted by Gasteiger charge is -2.14. The van der Waals surface area contributed by atoms with E-state index >= 15 is 0 Å². The number of hydrogen-bond donors (Lipinski definition) is 3. The molecule has 5 nitrogen and oxygen atoms in total. The van der Waals surface area contributed by atoms with E-state index in [-0.39, 0.29) is 18.1 Å². The highest BCUT2D eigenvalue weighted by Crippen LogP contribution is 2.20. The second kappa shape index (κ2) is 10.7. The number of aromatic nitrogens is 1. The number of rotatable bonds is 12. The minimum atomic E-state index is -1.07. The number of carbonyl (C=O) groups excluding carboxylic acids is 1. The summed E-state index contributed by atoms with van der Waals surface area (Å²) in [6, 6.07) is 3.34. The molecule has 0 saturated heterocycles. The van der Waals surface area contributed by atoms with Crippen LogP contribution in [0.5, 0.6) is 0 Å². The monoisotopic (exact) mass is 376 g/mol. The fourth-order valence-electron chi connectivity index (χ4n) is 3.26. The number of hydrogen-bond acceptors (Lipinski definition) is 2. The third kappa shape index (κ3) is 6.70. The normalized spacial score (nSPS) is 12.2. The van der Waals surface area contributed by atoms with Crippen molar-refractivity contribution in [3.8, 4) is 0 Å². The number of carboxylic acid groups (broad SMARTS) is 1. The summed E-state index contributed by atoms with van der Waals surface area (Å²) in [6.07, 6.45) is 9.93. The van der Waals surface area contributed by atoms with Gasteiger partial charge in [-0.25, -0.2) is 9.18 Å². The molecule has 1 unspecified atom stereocenters. The number of carboxylic acids is 1. The van der Waals surface area contributed by atoms with Crippen LogP contribution in [0.4, 0.5) is 4.39 Å². The van der Waals surface area contributed by atoms with E-state index in [9.17, 15) is 19.1 Å². The van der Waals surface area contributed by atoms with Gasteiger partial charge in [0.2, 0.25) is 5.91 Å². The van der Waals surface area contributed by atoms with Crippen LogP contribution in [-0.2, 0) is 16.0 Å². The molecule has 1 aromatic carbocycles. The molecule has 27 heavy (non-hydrogen) atoms. The Hall–Kier alpha value is -2.37. The second-order valence-electron chi connectivity index (χ2n) is 7.04. The largest absolute Gasteiger partial charge is 0.480 e. The first kappa shape index (κ1) is 20.9. The van der Waals surface area contributed by atoms with Crippen LogP contribution >= 0.6 is 0 Å². The fourth-order valence-corrected chi connectivity index (χ4v) is 3.26. The number of amides is 1. The van der Waals surface area contributed by atoms with E-state index in [1.54, 1.807) is 12.3 Å². The molecule has 1 heterocycles. The van der Waals surface area contributed by atoms with E-state index in [0.717, 1.165) is 30.2 Å². The molecule has 2 rings (SSSR count). The number of carbonyl (C=O) groups is 2. The summed E-state index contributed by atoms with van der Waals surface area (Å²) in [6.45, 7) is 2.18. The van der Waals surface area contributed by atoms with Crippen molar-refractivity contribution in [2.24, 2.45) is 0 Å². The Morgan fingerprint density at radius 3 is 2.56 bits per heavy atom. The van der Waals surface area contributed by atoms with Crippen LogP contribution in [0.2, 0.25) is 0 Å². The van der Waals surface area contributed by atoms with Crippen LogP contribution in [0.15, 0.2) is 24.4 Å². The number of fused-ring (bicyclic) bond motifs is 1. The third-order valence-electron chi connectivity index (χ3n) is 4.79. The lowest BCUT2D eigenvalue weighted by molar-refractivity contribution is -0.141. The number of benzene rings is 1. The first-order valence-corrected chi connectivity index (χ1v) is 9.79. The number of aromatic amines is 1. The molecule has 0 aliphatic rings. The average Bonchev–Trinajstić information content (AvgIpc) is 3.02. The zero-order chi connectivity index (χ0) is 19.6. The first-order valence-electron chi connectivity index (χ1n) is 9.79. The third-order valence-corrected chi connectivity index (χ3v) is 4.79. The number of halogens is 1. The van der Waals surface area contributed by atoms with Gasteiger partial charge in [0.05, 0.1) is 0 Å². The molecular formula is C21H29FN2O3. The number of nitrogens with one attached hydrogen (secondary N) is 2. The molecule has 2 aromatic rings. The van der Waals surface area contributed by atoms with Gasteiger partial charge >= 0.3 is 5.97 Å². The molecule has 1 amide bonds. The van der Waals surface area contributed by atoms with Gasteiger partial charge in [0, 0.05) is 29.9 Å². The minimum absolute atomic E-state index is 0.156. The molecule has 0 spiro atoms. The predicted octanol–water partition coefficient (Wildman–Crippen LogP) is 4.56. The van der Waals surface area contributed by atoms with Crippen LogP contribution in [0, 0.1) is 5.82 Å². The van der Waals surface area contributed by atoms with E-state index in [1.165, 1.54) is 37.8 Å². The van der Waals surface area contributed by atoms with Crippen molar-refractivity contribution in [1.82, 2.24) is 10.3 Å². The molecule has 0 fully saturated rings. The van der Waals surface area contributed by atoms with E-state index in [2.05, 4.69) is 17.2 Å². The predicted molar refractivity (Wildman–Crippen MR) is 104 cm³/mol. The van der Waals surface area contributed by atoms with Crippen molar-refractivity contribution < 1.29 is 19.1 Å². The van der Waals surface area contributed by atoms with Gasteiger partial charge in [-0.05, 0) is 30.2 Å². The molecule has 6 heteroatoms. The Kier molecular flexibility index (Phi) is 8.30. The van der Waals surface area contributed by atoms with E-state index in [1.807, 2.05) is 0 Å². The molecule has 0 radical (unpaired) electrons. The topological polar surface area (TPSA) is 82.2 Å². The maximum absolute atomic E-state index is 13.3. The van der Waals surface area contributed by atoms with Crippen molar-refractivity contribution in [3.63, 3.8) is 0 Å². The summed E-state index contributed by atoms with van der Waals surface area (Å²) in [7, 11) is 0. The van der Waals surface area contributed by atoms with Crippen LogP contribution in [0.25, 0.3) is 10.9 Å². The van der Waals surface area contributed by atoms with Gasteiger partial charge in [0.15, 0.2) is 0 Å². The highest BCUT2D eigenvalue weighted by Gasteiger charge is 2.21. The van der Waals surface area contributed by atoms with Crippen molar-refractivity contribution in [2.45, 2.75) is 70.8 Å². The van der Waals surface area contributed by atoms with Gasteiger partial charge in [-0.2, -0.15) is 0 Å². The highest BCUT2D eigenvalue weighted by molar-refractivity contribution is 5.86. The maximum Gasteiger partial charge on any atom is 0.326 e. The summed E-state index contributed by atoms with van der Waals surface area (Å²) in [5.41, 5.74) is 1.36. The Labute approximate surface area is 159 Å². The number of H-pyrrole nitrogens is 1. The Morgan fingerprint density at radius 2 is 1.85 bits per heavy atom. The molecule has 0 saturated carbocycles. The van der Waals surface area contributed by atoms with E-state index in [0.29, 0.717) is 11.9 Å². The zero-order valence-electron chi connectivity index (χ0n) is 15.9. The maximum atomic E-state index is 13.3. The molecule has 1 atom stereocenters. The van der Waals surface area contributed by atoms with Crippen LogP contribution in [0.3, 0.4) is 0 Å². The quantitative estimate of drug-likeness (QED) is 0.475. The Balaban J connectivity index is 1.82.